The number of carbonyl (C=O) groups is 2. The summed E-state index contributed by atoms with van der Waals surface area (Å²) in [6.07, 6.45) is 3.26. The predicted octanol–water partition coefficient (Wildman–Crippen LogP) is 3.47. The second-order valence-corrected chi connectivity index (χ2v) is 7.18. The highest BCUT2D eigenvalue weighted by atomic mass is 35.5. The van der Waals surface area contributed by atoms with Crippen LogP contribution in [-0.2, 0) is 15.1 Å². The van der Waals surface area contributed by atoms with Crippen molar-refractivity contribution in [3.8, 4) is 0 Å². The van der Waals surface area contributed by atoms with Crippen LogP contribution < -0.4 is 16.4 Å². The number of anilines is 1. The lowest BCUT2D eigenvalue weighted by molar-refractivity contribution is -0.129. The highest BCUT2D eigenvalue weighted by Gasteiger charge is 2.37. The average Bonchev–Trinajstić information content (AvgIpc) is 2.70. The van der Waals surface area contributed by atoms with Crippen molar-refractivity contribution < 1.29 is 9.59 Å². The van der Waals surface area contributed by atoms with Gasteiger partial charge in [0.05, 0.1) is 28.5 Å². The summed E-state index contributed by atoms with van der Waals surface area (Å²) in [7, 11) is 0. The minimum Gasteiger partial charge on any atom is -0.337 e. The van der Waals surface area contributed by atoms with E-state index >= 15 is 0 Å². The Hall–Kier alpha value is -2.67. The number of hydrogen-bond acceptors (Lipinski definition) is 4. The summed E-state index contributed by atoms with van der Waals surface area (Å²) < 4.78 is 0. The number of pyridine rings is 1. The first-order chi connectivity index (χ1) is 13.3. The lowest BCUT2D eigenvalue weighted by Crippen LogP contribution is -2.53. The van der Waals surface area contributed by atoms with E-state index in [0.717, 1.165) is 10.8 Å². The second kappa shape index (κ2) is 8.14. The van der Waals surface area contributed by atoms with Gasteiger partial charge >= 0.3 is 0 Å². The lowest BCUT2D eigenvalue weighted by Gasteiger charge is -2.30. The molecule has 6 nitrogen and oxygen atoms in total. The zero-order valence-corrected chi connectivity index (χ0v) is 16.5. The molecule has 2 aromatic carbocycles. The minimum absolute atomic E-state index is 0.264. The number of nitrogens with zero attached hydrogens (tertiary/aromatic N) is 1. The summed E-state index contributed by atoms with van der Waals surface area (Å²) in [5.74, 6) is -0.953. The fourth-order valence-electron chi connectivity index (χ4n) is 2.86. The summed E-state index contributed by atoms with van der Waals surface area (Å²) in [4.78, 5) is 29.5. The monoisotopic (exact) mass is 416 g/mol. The van der Waals surface area contributed by atoms with Crippen molar-refractivity contribution in [2.75, 3.05) is 11.9 Å². The standard InChI is InChI=1S/C20H18Cl2N4O2/c1-20(26-18(27)9-23,13-6-7-15(21)16(22)8-13)19(28)25-17-11-24-10-12-4-2-3-5-14(12)17/h2-8,10-11H,9,23H2,1H3,(H,25,28)(H,26,27). The van der Waals surface area contributed by atoms with Crippen LogP contribution in [0.5, 0.6) is 0 Å². The molecular weight excluding hydrogens is 399 g/mol. The maximum absolute atomic E-state index is 13.3. The van der Waals surface area contributed by atoms with E-state index in [1.165, 1.54) is 0 Å². The lowest BCUT2D eigenvalue weighted by atomic mass is 9.90. The minimum atomic E-state index is -1.43. The van der Waals surface area contributed by atoms with Crippen LogP contribution in [0.15, 0.2) is 54.9 Å². The first-order valence-corrected chi connectivity index (χ1v) is 9.21. The Morgan fingerprint density at radius 3 is 2.57 bits per heavy atom. The zero-order chi connectivity index (χ0) is 20.3. The molecule has 144 valence electrons. The third kappa shape index (κ3) is 3.94. The predicted molar refractivity (Wildman–Crippen MR) is 111 cm³/mol. The van der Waals surface area contributed by atoms with Crippen molar-refractivity contribution in [3.05, 3.63) is 70.5 Å². The van der Waals surface area contributed by atoms with E-state index in [1.807, 2.05) is 24.3 Å². The number of rotatable bonds is 5. The van der Waals surface area contributed by atoms with E-state index in [9.17, 15) is 9.59 Å². The number of carbonyl (C=O) groups excluding carboxylic acids is 2. The van der Waals surface area contributed by atoms with E-state index in [2.05, 4.69) is 15.6 Å². The Morgan fingerprint density at radius 2 is 1.86 bits per heavy atom. The SMILES string of the molecule is CC(NC(=O)CN)(C(=O)Nc1cncc2ccccc12)c1ccc(Cl)c(Cl)c1. The topological polar surface area (TPSA) is 97.1 Å². The van der Waals surface area contributed by atoms with Gasteiger partial charge in [0, 0.05) is 17.0 Å². The molecule has 0 aliphatic heterocycles. The van der Waals surface area contributed by atoms with E-state index < -0.39 is 17.4 Å². The molecule has 0 aliphatic rings. The molecule has 2 amide bonds. The van der Waals surface area contributed by atoms with Crippen LogP contribution in [0.4, 0.5) is 5.69 Å². The van der Waals surface area contributed by atoms with Crippen molar-refractivity contribution in [2.24, 2.45) is 5.73 Å². The molecule has 0 bridgehead atoms. The van der Waals surface area contributed by atoms with Crippen LogP contribution in [0.3, 0.4) is 0 Å². The van der Waals surface area contributed by atoms with Gasteiger partial charge in [0.25, 0.3) is 5.91 Å². The highest BCUT2D eigenvalue weighted by molar-refractivity contribution is 6.42. The fraction of sp³-hybridized carbons (Fsp3) is 0.150. The second-order valence-electron chi connectivity index (χ2n) is 6.37. The molecule has 3 rings (SSSR count). The fourth-order valence-corrected chi connectivity index (χ4v) is 3.16. The molecule has 3 aromatic rings. The third-order valence-electron chi connectivity index (χ3n) is 4.44. The van der Waals surface area contributed by atoms with Crippen LogP contribution in [0.25, 0.3) is 10.8 Å². The Labute approximate surface area is 172 Å². The zero-order valence-electron chi connectivity index (χ0n) is 15.0. The molecule has 0 saturated carbocycles. The van der Waals surface area contributed by atoms with Gasteiger partial charge in [-0.1, -0.05) is 53.5 Å². The molecular formula is C20H18Cl2N4O2. The maximum Gasteiger partial charge on any atom is 0.254 e. The molecule has 1 unspecified atom stereocenters. The smallest absolute Gasteiger partial charge is 0.254 e. The maximum atomic E-state index is 13.3. The summed E-state index contributed by atoms with van der Waals surface area (Å²) >= 11 is 12.1. The van der Waals surface area contributed by atoms with Crippen LogP contribution in [0.2, 0.25) is 10.0 Å². The molecule has 0 saturated heterocycles. The number of halogens is 2. The van der Waals surface area contributed by atoms with Crippen LogP contribution >= 0.6 is 23.2 Å². The Bertz CT molecular complexity index is 1050. The largest absolute Gasteiger partial charge is 0.337 e. The Morgan fingerprint density at radius 1 is 1.11 bits per heavy atom. The number of hydrogen-bond donors (Lipinski definition) is 3. The molecule has 0 spiro atoms. The number of aromatic nitrogens is 1. The van der Waals surface area contributed by atoms with E-state index in [1.54, 1.807) is 37.5 Å². The van der Waals surface area contributed by atoms with Crippen molar-refractivity contribution in [1.82, 2.24) is 10.3 Å². The number of nitrogens with one attached hydrogen (secondary N) is 2. The van der Waals surface area contributed by atoms with Gasteiger partial charge in [-0.3, -0.25) is 14.6 Å². The number of nitrogens with two attached hydrogens (primary N) is 1. The third-order valence-corrected chi connectivity index (χ3v) is 5.18. The summed E-state index contributed by atoms with van der Waals surface area (Å²) in [5.41, 5.74) is 5.00. The highest BCUT2D eigenvalue weighted by Crippen LogP contribution is 2.31. The Kier molecular flexibility index (Phi) is 5.84. The molecule has 0 aliphatic carbocycles. The van der Waals surface area contributed by atoms with Crippen molar-refractivity contribution in [1.29, 1.82) is 0 Å². The number of benzene rings is 2. The quantitative estimate of drug-likeness (QED) is 0.592. The summed E-state index contributed by atoms with van der Waals surface area (Å²) in [6, 6.07) is 12.3. The molecule has 0 fully saturated rings. The van der Waals surface area contributed by atoms with Gasteiger partial charge in [-0.05, 0) is 24.6 Å². The Balaban J connectivity index is 2.03. The van der Waals surface area contributed by atoms with E-state index in [0.29, 0.717) is 16.3 Å². The molecule has 1 heterocycles. The van der Waals surface area contributed by atoms with Crippen LogP contribution in [0.1, 0.15) is 12.5 Å². The molecule has 28 heavy (non-hydrogen) atoms. The molecule has 1 atom stereocenters. The summed E-state index contributed by atoms with van der Waals surface area (Å²) in [6.45, 7) is 1.31. The van der Waals surface area contributed by atoms with Gasteiger partial charge in [0.1, 0.15) is 5.54 Å². The normalized spacial score (nSPS) is 13.0. The van der Waals surface area contributed by atoms with Gasteiger partial charge in [-0.15, -0.1) is 0 Å². The molecule has 4 N–H and O–H groups in total. The van der Waals surface area contributed by atoms with Crippen molar-refractivity contribution in [3.63, 3.8) is 0 Å². The summed E-state index contributed by atoms with van der Waals surface area (Å²) in [5, 5.41) is 7.85. The van der Waals surface area contributed by atoms with Gasteiger partial charge < -0.3 is 16.4 Å². The van der Waals surface area contributed by atoms with Crippen LogP contribution in [0, 0.1) is 0 Å². The van der Waals surface area contributed by atoms with Gasteiger partial charge in [0.15, 0.2) is 0 Å². The van der Waals surface area contributed by atoms with Crippen LogP contribution in [-0.4, -0.2) is 23.3 Å². The first-order valence-electron chi connectivity index (χ1n) is 8.46. The van der Waals surface area contributed by atoms with E-state index in [4.69, 9.17) is 28.9 Å². The molecule has 1 aromatic heterocycles. The molecule has 0 radical (unpaired) electrons. The van der Waals surface area contributed by atoms with Crippen molar-refractivity contribution in [2.45, 2.75) is 12.5 Å². The van der Waals surface area contributed by atoms with Gasteiger partial charge in [-0.25, -0.2) is 0 Å². The number of amides is 2. The number of fused-ring (bicyclic) bond motifs is 1. The molecule has 8 heteroatoms. The average molecular weight is 417 g/mol. The van der Waals surface area contributed by atoms with Gasteiger partial charge in [-0.2, -0.15) is 0 Å². The van der Waals surface area contributed by atoms with Gasteiger partial charge in [0.2, 0.25) is 5.91 Å². The van der Waals surface area contributed by atoms with Crippen molar-refractivity contribution >= 4 is 51.5 Å². The first kappa shape index (κ1) is 20.1. The van der Waals surface area contributed by atoms with E-state index in [-0.39, 0.29) is 11.6 Å².